The van der Waals surface area contributed by atoms with Crippen molar-refractivity contribution in [1.29, 1.82) is 0 Å². The van der Waals surface area contributed by atoms with Crippen LogP contribution in [-0.4, -0.2) is 12.4 Å². The Morgan fingerprint density at radius 3 is 1.82 bits per heavy atom. The Morgan fingerprint density at radius 2 is 1.11 bits per heavy atom. The predicted octanol–water partition coefficient (Wildman–Crippen LogP) is 8.76. The first-order valence-electron chi connectivity index (χ1n) is 12.7. The average Bonchev–Trinajstić information content (AvgIpc) is 3.57. The molecule has 0 radical (unpaired) electrons. The topological polar surface area (TPSA) is 4.93 Å². The molecule has 2 heterocycles. The molecule has 4 heteroatoms. The summed E-state index contributed by atoms with van der Waals surface area (Å²) in [6, 6.07) is 45.5. The molecule has 0 aliphatic carbocycles. The first kappa shape index (κ1) is 23.1. The van der Waals surface area contributed by atoms with Gasteiger partial charge in [-0.2, -0.15) is 0 Å². The second-order valence-corrected chi connectivity index (χ2v) is 11.2. The van der Waals surface area contributed by atoms with E-state index in [2.05, 4.69) is 128 Å². The lowest BCUT2D eigenvalue weighted by atomic mass is 9.94. The van der Waals surface area contributed by atoms with Crippen molar-refractivity contribution >= 4 is 58.1 Å². The van der Waals surface area contributed by atoms with Gasteiger partial charge in [-0.3, -0.25) is 0 Å². The quantitative estimate of drug-likeness (QED) is 0.203. The van der Waals surface area contributed by atoms with Crippen LogP contribution < -0.4 is 5.46 Å². The van der Waals surface area contributed by atoms with Crippen LogP contribution in [0.15, 0.2) is 127 Å². The number of fused-ring (bicyclic) bond motifs is 3. The molecule has 38 heavy (non-hydrogen) atoms. The first-order valence-corrected chi connectivity index (χ1v) is 13.9. The molecular weight excluding hydrogens is 501 g/mol. The van der Waals surface area contributed by atoms with Crippen LogP contribution in [0.3, 0.4) is 0 Å². The molecule has 0 fully saturated rings. The highest BCUT2D eigenvalue weighted by molar-refractivity contribution is 7.18. The smallest absolute Gasteiger partial charge is 0.139 e. The van der Waals surface area contributed by atoms with E-state index in [0.717, 1.165) is 10.7 Å². The fourth-order valence-electron chi connectivity index (χ4n) is 5.26. The monoisotopic (exact) mass is 523 g/mol. The summed E-state index contributed by atoms with van der Waals surface area (Å²) in [5, 5.41) is 3.28. The fraction of sp³-hybridized carbons (Fsp3) is 0. The molecule has 0 aliphatic rings. The zero-order valence-electron chi connectivity index (χ0n) is 20.9. The van der Waals surface area contributed by atoms with Gasteiger partial charge in [-0.25, -0.2) is 0 Å². The Morgan fingerprint density at radius 1 is 0.526 bits per heavy atom. The van der Waals surface area contributed by atoms with E-state index < -0.39 is 0 Å². The van der Waals surface area contributed by atoms with Gasteiger partial charge in [0.15, 0.2) is 0 Å². The van der Waals surface area contributed by atoms with Gasteiger partial charge < -0.3 is 4.57 Å². The minimum absolute atomic E-state index is 0.754. The highest BCUT2D eigenvalue weighted by atomic mass is 35.5. The van der Waals surface area contributed by atoms with Crippen molar-refractivity contribution in [2.45, 2.75) is 0 Å². The van der Waals surface area contributed by atoms with Crippen molar-refractivity contribution in [2.24, 2.45) is 0 Å². The van der Waals surface area contributed by atoms with Crippen LogP contribution in [0.4, 0.5) is 0 Å². The fourth-order valence-corrected chi connectivity index (χ4v) is 6.41. The lowest BCUT2D eigenvalue weighted by molar-refractivity contribution is 1.18. The van der Waals surface area contributed by atoms with Crippen LogP contribution in [-0.2, 0) is 0 Å². The average molecular weight is 524 g/mol. The molecular formula is C34H23BClNS. The maximum atomic E-state index is 6.14. The van der Waals surface area contributed by atoms with Gasteiger partial charge in [-0.05, 0) is 76.9 Å². The van der Waals surface area contributed by atoms with E-state index in [4.69, 9.17) is 11.6 Å². The van der Waals surface area contributed by atoms with E-state index in [1.54, 1.807) is 0 Å². The van der Waals surface area contributed by atoms with E-state index >= 15 is 0 Å². The maximum Gasteiger partial charge on any atom is 0.139 e. The molecule has 0 bridgehead atoms. The summed E-state index contributed by atoms with van der Waals surface area (Å²) in [7, 11) is 2.16. The summed E-state index contributed by atoms with van der Waals surface area (Å²) in [6.07, 6.45) is 0. The molecule has 7 rings (SSSR count). The molecule has 0 unspecified atom stereocenters. The summed E-state index contributed by atoms with van der Waals surface area (Å²) >= 11 is 7.97. The zero-order valence-corrected chi connectivity index (χ0v) is 22.4. The number of nitrogens with zero attached hydrogens (tertiary/aromatic N) is 1. The molecule has 0 saturated carbocycles. The van der Waals surface area contributed by atoms with Gasteiger partial charge in [0, 0.05) is 31.2 Å². The van der Waals surface area contributed by atoms with Crippen molar-refractivity contribution in [3.63, 3.8) is 0 Å². The van der Waals surface area contributed by atoms with Crippen molar-refractivity contribution in [2.75, 3.05) is 0 Å². The minimum Gasteiger partial charge on any atom is -0.309 e. The van der Waals surface area contributed by atoms with Gasteiger partial charge in [0.2, 0.25) is 0 Å². The Kier molecular flexibility index (Phi) is 5.69. The molecule has 0 aliphatic heterocycles. The second-order valence-electron chi connectivity index (χ2n) is 9.67. The van der Waals surface area contributed by atoms with E-state index in [1.165, 1.54) is 59.3 Å². The van der Waals surface area contributed by atoms with Crippen LogP contribution in [0.2, 0.25) is 5.02 Å². The zero-order chi connectivity index (χ0) is 25.6. The minimum atomic E-state index is 0.754. The Hall–Kier alpha value is -4.05. The van der Waals surface area contributed by atoms with Crippen LogP contribution in [0.1, 0.15) is 0 Å². The maximum absolute atomic E-state index is 6.14. The van der Waals surface area contributed by atoms with E-state index in [1.807, 2.05) is 23.5 Å². The molecule has 0 amide bonds. The molecule has 180 valence electrons. The lowest BCUT2D eigenvalue weighted by Crippen LogP contribution is -2.00. The van der Waals surface area contributed by atoms with Crippen LogP contribution in [0, 0.1) is 0 Å². The lowest BCUT2D eigenvalue weighted by Gasteiger charge is -2.09. The number of benzene rings is 5. The normalized spacial score (nSPS) is 11.4. The van der Waals surface area contributed by atoms with Crippen LogP contribution in [0.5, 0.6) is 0 Å². The highest BCUT2D eigenvalue weighted by Crippen LogP contribution is 2.37. The summed E-state index contributed by atoms with van der Waals surface area (Å²) in [6.45, 7) is 0. The van der Waals surface area contributed by atoms with Gasteiger partial charge in [0.25, 0.3) is 0 Å². The standard InChI is InChI=1S/C34H23BClNS/c35-26-11-17-32-30(21-26)29-20-25(22-6-12-27(36)13-7-22)10-16-31(29)37(32)28-14-8-24(9-15-28)34-19-18-33(38-34)23-4-2-1-3-5-23/h1-21H,35H2. The second kappa shape index (κ2) is 9.36. The third-order valence-electron chi connectivity index (χ3n) is 7.17. The number of thiophene rings is 1. The van der Waals surface area contributed by atoms with Gasteiger partial charge in [0.05, 0.1) is 11.0 Å². The largest absolute Gasteiger partial charge is 0.309 e. The van der Waals surface area contributed by atoms with Crippen molar-refractivity contribution in [3.8, 4) is 37.7 Å². The molecule has 1 nitrogen and oxygen atoms in total. The van der Waals surface area contributed by atoms with E-state index in [0.29, 0.717) is 0 Å². The van der Waals surface area contributed by atoms with Crippen LogP contribution >= 0.6 is 22.9 Å². The van der Waals surface area contributed by atoms with Crippen molar-refractivity contribution in [1.82, 2.24) is 4.57 Å². The first-order chi connectivity index (χ1) is 18.6. The number of hydrogen-bond donors (Lipinski definition) is 0. The molecule has 5 aromatic carbocycles. The third kappa shape index (κ3) is 4.05. The van der Waals surface area contributed by atoms with Gasteiger partial charge in [-0.15, -0.1) is 11.3 Å². The summed E-state index contributed by atoms with van der Waals surface area (Å²) in [4.78, 5) is 2.57. The van der Waals surface area contributed by atoms with Gasteiger partial charge in [0.1, 0.15) is 7.85 Å². The number of halogens is 1. The molecule has 0 saturated heterocycles. The molecule has 7 aromatic rings. The SMILES string of the molecule is Bc1ccc2c(c1)c1cc(-c3ccc(Cl)cc3)ccc1n2-c1ccc(-c2ccc(-c3ccccc3)s2)cc1. The summed E-state index contributed by atoms with van der Waals surface area (Å²) in [5.74, 6) is 0. The number of rotatable bonds is 4. The molecule has 0 spiro atoms. The summed E-state index contributed by atoms with van der Waals surface area (Å²) in [5.41, 5.74) is 9.71. The molecule has 2 aromatic heterocycles. The Labute approximate surface area is 232 Å². The van der Waals surface area contributed by atoms with Crippen molar-refractivity contribution < 1.29 is 0 Å². The van der Waals surface area contributed by atoms with Gasteiger partial charge in [-0.1, -0.05) is 89.9 Å². The highest BCUT2D eigenvalue weighted by Gasteiger charge is 2.14. The summed E-state index contributed by atoms with van der Waals surface area (Å²) < 4.78 is 2.38. The van der Waals surface area contributed by atoms with E-state index in [-0.39, 0.29) is 0 Å². The van der Waals surface area contributed by atoms with E-state index in [9.17, 15) is 0 Å². The van der Waals surface area contributed by atoms with Crippen molar-refractivity contribution in [3.05, 3.63) is 132 Å². The number of hydrogen-bond acceptors (Lipinski definition) is 1. The molecule has 0 N–H and O–H groups in total. The van der Waals surface area contributed by atoms with Gasteiger partial charge >= 0.3 is 0 Å². The Bertz CT molecular complexity index is 1920. The Balaban J connectivity index is 1.32. The third-order valence-corrected chi connectivity index (χ3v) is 8.61. The van der Waals surface area contributed by atoms with Crippen LogP contribution in [0.25, 0.3) is 59.5 Å². The number of aromatic nitrogens is 1. The molecule has 0 atom stereocenters. The predicted molar refractivity (Wildman–Crippen MR) is 168 cm³/mol.